The van der Waals surface area contributed by atoms with Gasteiger partial charge in [-0.05, 0) is 54.8 Å². The number of carbonyl (C=O) groups is 2. The first-order chi connectivity index (χ1) is 15.9. The Morgan fingerprint density at radius 1 is 1.15 bits per heavy atom. The molecule has 1 aliphatic rings. The third kappa shape index (κ3) is 6.96. The summed E-state index contributed by atoms with van der Waals surface area (Å²) in [6.07, 6.45) is 2.51. The van der Waals surface area contributed by atoms with Crippen molar-refractivity contribution in [3.05, 3.63) is 63.5 Å². The number of esters is 1. The van der Waals surface area contributed by atoms with Crippen molar-refractivity contribution in [2.75, 3.05) is 20.3 Å². The lowest BCUT2D eigenvalue weighted by molar-refractivity contribution is -0.141. The van der Waals surface area contributed by atoms with Crippen molar-refractivity contribution < 1.29 is 23.8 Å². The zero-order valence-corrected chi connectivity index (χ0v) is 20.7. The number of carbonyl (C=O) groups excluding carboxylic acids is 2. The van der Waals surface area contributed by atoms with Crippen molar-refractivity contribution in [2.45, 2.75) is 26.4 Å². The van der Waals surface area contributed by atoms with Gasteiger partial charge in [0.05, 0.1) is 18.6 Å². The minimum Gasteiger partial charge on any atom is -0.490 e. The van der Waals surface area contributed by atoms with E-state index in [0.717, 1.165) is 11.1 Å². The van der Waals surface area contributed by atoms with E-state index < -0.39 is 0 Å². The quantitative estimate of drug-likeness (QED) is 0.241. The third-order valence-corrected chi connectivity index (χ3v) is 6.37. The molecule has 0 radical (unpaired) electrons. The monoisotopic (exact) mass is 505 g/mol. The van der Waals surface area contributed by atoms with Gasteiger partial charge in [-0.3, -0.25) is 14.5 Å². The van der Waals surface area contributed by atoms with E-state index in [0.29, 0.717) is 51.9 Å². The number of thiocarbonyl (C=S) groups is 1. The molecular formula is C24H24ClNO5S2. The summed E-state index contributed by atoms with van der Waals surface area (Å²) in [6.45, 7) is 3.12. The van der Waals surface area contributed by atoms with Crippen LogP contribution in [-0.4, -0.2) is 41.4 Å². The molecule has 0 aromatic heterocycles. The number of ether oxygens (including phenoxy) is 3. The smallest absolute Gasteiger partial charge is 0.305 e. The molecule has 1 saturated heterocycles. The van der Waals surface area contributed by atoms with E-state index in [1.165, 1.54) is 23.8 Å². The van der Waals surface area contributed by atoms with Crippen LogP contribution < -0.4 is 9.47 Å². The van der Waals surface area contributed by atoms with Gasteiger partial charge >= 0.3 is 5.97 Å². The molecule has 9 heteroatoms. The Hall–Kier alpha value is -2.55. The van der Waals surface area contributed by atoms with Gasteiger partial charge in [0.25, 0.3) is 5.91 Å². The van der Waals surface area contributed by atoms with Crippen LogP contribution in [0.2, 0.25) is 5.02 Å². The molecule has 1 amide bonds. The Balaban J connectivity index is 1.70. The fraction of sp³-hybridized carbons (Fsp3) is 0.292. The van der Waals surface area contributed by atoms with E-state index in [1.807, 2.05) is 49.4 Å². The van der Waals surface area contributed by atoms with Gasteiger partial charge in [-0.1, -0.05) is 53.8 Å². The van der Waals surface area contributed by atoms with Crippen LogP contribution in [0.25, 0.3) is 6.08 Å². The lowest BCUT2D eigenvalue weighted by atomic mass is 10.1. The maximum atomic E-state index is 12.8. The van der Waals surface area contributed by atoms with Gasteiger partial charge < -0.3 is 14.2 Å². The van der Waals surface area contributed by atoms with Crippen molar-refractivity contribution in [2.24, 2.45) is 0 Å². The molecule has 1 heterocycles. The lowest BCUT2D eigenvalue weighted by Crippen LogP contribution is -2.29. The Morgan fingerprint density at radius 3 is 2.61 bits per heavy atom. The normalized spacial score (nSPS) is 14.6. The fourth-order valence-electron chi connectivity index (χ4n) is 3.07. The predicted molar refractivity (Wildman–Crippen MR) is 135 cm³/mol. The number of methoxy groups -OCH3 is 1. The fourth-order valence-corrected chi connectivity index (χ4v) is 4.51. The molecule has 0 spiro atoms. The van der Waals surface area contributed by atoms with Crippen LogP contribution in [0.1, 0.15) is 30.9 Å². The van der Waals surface area contributed by atoms with Gasteiger partial charge in [0.15, 0.2) is 11.5 Å². The summed E-state index contributed by atoms with van der Waals surface area (Å²) in [4.78, 5) is 26.1. The van der Waals surface area contributed by atoms with Crippen LogP contribution in [0, 0.1) is 0 Å². The molecule has 3 rings (SSSR count). The molecule has 0 unspecified atom stereocenters. The molecule has 1 aliphatic heterocycles. The van der Waals surface area contributed by atoms with Crippen molar-refractivity contribution in [1.82, 2.24) is 4.90 Å². The standard InChI is InChI=1S/C24H24ClNO5S2/c1-3-30-20-13-17(8-11-19(20)31-15-16-6-9-18(25)10-7-16)14-21-23(28)26(24(32)33-21)12-4-5-22(27)29-2/h6-11,13-14H,3-5,12,15H2,1-2H3/b21-14-. The highest BCUT2D eigenvalue weighted by molar-refractivity contribution is 8.26. The molecule has 0 atom stereocenters. The highest BCUT2D eigenvalue weighted by atomic mass is 35.5. The summed E-state index contributed by atoms with van der Waals surface area (Å²) < 4.78 is 16.8. The Morgan fingerprint density at radius 2 is 1.91 bits per heavy atom. The first-order valence-corrected chi connectivity index (χ1v) is 12.0. The van der Waals surface area contributed by atoms with Gasteiger partial charge in [-0.15, -0.1) is 0 Å². The van der Waals surface area contributed by atoms with Gasteiger partial charge in [0.1, 0.15) is 10.9 Å². The number of nitrogens with zero attached hydrogens (tertiary/aromatic N) is 1. The Kier molecular flexibility index (Phi) is 9.17. The molecule has 1 fully saturated rings. The second-order valence-corrected chi connectivity index (χ2v) is 9.18. The number of thioether (sulfide) groups is 1. The number of halogens is 1. The Bertz CT molecular complexity index is 1060. The summed E-state index contributed by atoms with van der Waals surface area (Å²) >= 11 is 12.5. The van der Waals surface area contributed by atoms with Gasteiger partial charge in [-0.25, -0.2) is 0 Å². The van der Waals surface area contributed by atoms with E-state index in [4.69, 9.17) is 33.3 Å². The molecule has 2 aromatic rings. The highest BCUT2D eigenvalue weighted by Crippen LogP contribution is 2.35. The van der Waals surface area contributed by atoms with E-state index in [-0.39, 0.29) is 18.3 Å². The largest absolute Gasteiger partial charge is 0.490 e. The molecule has 2 aromatic carbocycles. The molecule has 0 aliphatic carbocycles. The van der Waals surface area contributed by atoms with Crippen LogP contribution in [0.4, 0.5) is 0 Å². The zero-order chi connectivity index (χ0) is 23.8. The summed E-state index contributed by atoms with van der Waals surface area (Å²) in [5, 5.41) is 0.673. The zero-order valence-electron chi connectivity index (χ0n) is 18.3. The molecule has 174 valence electrons. The van der Waals surface area contributed by atoms with Crippen LogP contribution in [-0.2, 0) is 20.9 Å². The van der Waals surface area contributed by atoms with Crippen molar-refractivity contribution in [3.63, 3.8) is 0 Å². The van der Waals surface area contributed by atoms with Crippen molar-refractivity contribution >= 4 is 57.9 Å². The summed E-state index contributed by atoms with van der Waals surface area (Å²) in [6, 6.07) is 13.0. The van der Waals surface area contributed by atoms with Crippen LogP contribution in [0.15, 0.2) is 47.4 Å². The van der Waals surface area contributed by atoms with Crippen molar-refractivity contribution in [3.8, 4) is 11.5 Å². The van der Waals surface area contributed by atoms with Gasteiger partial charge in [0, 0.05) is 18.0 Å². The van der Waals surface area contributed by atoms with Crippen LogP contribution in [0.3, 0.4) is 0 Å². The van der Waals surface area contributed by atoms with Gasteiger partial charge in [0.2, 0.25) is 0 Å². The van der Waals surface area contributed by atoms with Crippen LogP contribution >= 0.6 is 35.6 Å². The number of amides is 1. The molecule has 0 N–H and O–H groups in total. The predicted octanol–water partition coefficient (Wildman–Crippen LogP) is 5.47. The van der Waals surface area contributed by atoms with Crippen LogP contribution in [0.5, 0.6) is 11.5 Å². The second-order valence-electron chi connectivity index (χ2n) is 7.07. The number of hydrogen-bond acceptors (Lipinski definition) is 7. The first kappa shape index (κ1) is 25.1. The maximum absolute atomic E-state index is 12.8. The Labute approximate surface area is 207 Å². The first-order valence-electron chi connectivity index (χ1n) is 10.4. The minimum absolute atomic E-state index is 0.170. The van der Waals surface area contributed by atoms with E-state index >= 15 is 0 Å². The average molecular weight is 506 g/mol. The summed E-state index contributed by atoms with van der Waals surface area (Å²) in [5.74, 6) is 0.724. The number of benzene rings is 2. The number of rotatable bonds is 10. The van der Waals surface area contributed by atoms with Crippen molar-refractivity contribution in [1.29, 1.82) is 0 Å². The number of hydrogen-bond donors (Lipinski definition) is 0. The minimum atomic E-state index is -0.308. The SMILES string of the molecule is CCOc1cc(/C=C2\SC(=S)N(CCCC(=O)OC)C2=O)ccc1OCc1ccc(Cl)cc1. The third-order valence-electron chi connectivity index (χ3n) is 4.74. The lowest BCUT2D eigenvalue weighted by Gasteiger charge is -2.14. The molecule has 0 saturated carbocycles. The molecule has 33 heavy (non-hydrogen) atoms. The molecule has 0 bridgehead atoms. The topological polar surface area (TPSA) is 65.1 Å². The highest BCUT2D eigenvalue weighted by Gasteiger charge is 2.31. The summed E-state index contributed by atoms with van der Waals surface area (Å²) in [5.41, 5.74) is 1.79. The molecular weight excluding hydrogens is 482 g/mol. The van der Waals surface area contributed by atoms with E-state index in [1.54, 1.807) is 6.08 Å². The average Bonchev–Trinajstić information content (AvgIpc) is 3.07. The van der Waals surface area contributed by atoms with E-state index in [9.17, 15) is 9.59 Å². The van der Waals surface area contributed by atoms with E-state index in [2.05, 4.69) is 4.74 Å². The van der Waals surface area contributed by atoms with Gasteiger partial charge in [-0.2, -0.15) is 0 Å². The second kappa shape index (κ2) is 12.1. The maximum Gasteiger partial charge on any atom is 0.305 e. The molecule has 6 nitrogen and oxygen atoms in total. The summed E-state index contributed by atoms with van der Waals surface area (Å²) in [7, 11) is 1.34.